The molecule has 4 heteroatoms. The summed E-state index contributed by atoms with van der Waals surface area (Å²) < 4.78 is 4.63. The molecular weight excluding hydrogens is 180 g/mol. The fourth-order valence-electron chi connectivity index (χ4n) is 1.13. The van der Waals surface area contributed by atoms with Gasteiger partial charge in [0.1, 0.15) is 0 Å². The highest BCUT2D eigenvalue weighted by Gasteiger charge is 2.17. The van der Waals surface area contributed by atoms with Crippen molar-refractivity contribution >= 4 is 11.7 Å². The number of esters is 1. The van der Waals surface area contributed by atoms with Gasteiger partial charge in [-0.05, 0) is 26.0 Å². The smallest absolute Gasteiger partial charge is 0.314 e. The molecule has 0 amide bonds. The lowest BCUT2D eigenvalue weighted by Gasteiger charge is -2.09. The van der Waals surface area contributed by atoms with E-state index in [4.69, 9.17) is 5.73 Å². The number of pyridine rings is 1. The Bertz CT molecular complexity index is 350. The Morgan fingerprint density at radius 3 is 2.71 bits per heavy atom. The molecule has 2 N–H and O–H groups in total. The molecule has 0 bridgehead atoms. The van der Waals surface area contributed by atoms with Crippen LogP contribution in [-0.4, -0.2) is 18.1 Å². The molecule has 14 heavy (non-hydrogen) atoms. The molecule has 1 heterocycles. The molecule has 1 rings (SSSR count). The van der Waals surface area contributed by atoms with Crippen molar-refractivity contribution in [1.82, 2.24) is 4.98 Å². The third-order valence-corrected chi connectivity index (χ3v) is 2.15. The maximum atomic E-state index is 11.2. The predicted octanol–water partition coefficient (Wildman–Crippen LogP) is 1.25. The number of nitrogens with two attached hydrogens (primary N) is 1. The van der Waals surface area contributed by atoms with Gasteiger partial charge in [-0.25, -0.2) is 0 Å². The van der Waals surface area contributed by atoms with Gasteiger partial charge >= 0.3 is 5.97 Å². The quantitative estimate of drug-likeness (QED) is 0.719. The van der Waals surface area contributed by atoms with Crippen molar-refractivity contribution in [3.05, 3.63) is 23.5 Å². The zero-order valence-corrected chi connectivity index (χ0v) is 8.57. The zero-order valence-electron chi connectivity index (χ0n) is 8.57. The molecule has 0 spiro atoms. The lowest BCUT2D eigenvalue weighted by atomic mass is 10.1. The van der Waals surface area contributed by atoms with Crippen molar-refractivity contribution in [2.24, 2.45) is 0 Å². The van der Waals surface area contributed by atoms with Crippen molar-refractivity contribution in [3.8, 4) is 0 Å². The van der Waals surface area contributed by atoms with Crippen LogP contribution in [-0.2, 0) is 9.53 Å². The van der Waals surface area contributed by atoms with Crippen LogP contribution in [0.15, 0.2) is 12.1 Å². The van der Waals surface area contributed by atoms with Crippen LogP contribution in [0.4, 0.5) is 5.69 Å². The first-order valence-electron chi connectivity index (χ1n) is 4.37. The molecule has 1 unspecified atom stereocenters. The molecule has 0 aliphatic rings. The molecule has 4 nitrogen and oxygen atoms in total. The molecule has 0 fully saturated rings. The molecular formula is C10H14N2O2. The predicted molar refractivity (Wildman–Crippen MR) is 53.8 cm³/mol. The fraction of sp³-hybridized carbons (Fsp3) is 0.400. The summed E-state index contributed by atoms with van der Waals surface area (Å²) in [6, 6.07) is 3.49. The topological polar surface area (TPSA) is 65.2 Å². The van der Waals surface area contributed by atoms with Crippen molar-refractivity contribution in [1.29, 1.82) is 0 Å². The normalized spacial score (nSPS) is 12.2. The number of carbonyl (C=O) groups excluding carboxylic acids is 1. The Balaban J connectivity index is 2.96. The third kappa shape index (κ3) is 2.02. The van der Waals surface area contributed by atoms with Crippen LogP contribution in [0, 0.1) is 6.92 Å². The van der Waals surface area contributed by atoms with Crippen molar-refractivity contribution in [2.45, 2.75) is 19.8 Å². The van der Waals surface area contributed by atoms with E-state index < -0.39 is 0 Å². The van der Waals surface area contributed by atoms with Gasteiger partial charge < -0.3 is 10.5 Å². The molecule has 0 aliphatic heterocycles. The zero-order chi connectivity index (χ0) is 10.7. The van der Waals surface area contributed by atoms with Gasteiger partial charge in [0.05, 0.1) is 30.1 Å². The maximum Gasteiger partial charge on any atom is 0.314 e. The van der Waals surface area contributed by atoms with E-state index in [1.54, 1.807) is 19.1 Å². The number of nitrogens with zero attached hydrogens (tertiary/aromatic N) is 1. The van der Waals surface area contributed by atoms with Gasteiger partial charge in [0.15, 0.2) is 0 Å². The van der Waals surface area contributed by atoms with Crippen LogP contribution >= 0.6 is 0 Å². The minimum atomic E-state index is -0.348. The number of nitrogen functional groups attached to an aromatic ring is 1. The first-order chi connectivity index (χ1) is 6.56. The third-order valence-electron chi connectivity index (χ3n) is 2.15. The number of ether oxygens (including phenoxy) is 1. The maximum absolute atomic E-state index is 11.2. The molecule has 0 radical (unpaired) electrons. The Labute approximate surface area is 83.1 Å². The van der Waals surface area contributed by atoms with Crippen LogP contribution in [0.25, 0.3) is 0 Å². The summed E-state index contributed by atoms with van der Waals surface area (Å²) in [5.74, 6) is -0.638. The van der Waals surface area contributed by atoms with Gasteiger partial charge in [-0.2, -0.15) is 0 Å². The van der Waals surface area contributed by atoms with E-state index in [-0.39, 0.29) is 11.9 Å². The van der Waals surface area contributed by atoms with E-state index in [0.29, 0.717) is 11.4 Å². The molecule has 0 saturated carbocycles. The summed E-state index contributed by atoms with van der Waals surface area (Å²) in [4.78, 5) is 15.4. The Morgan fingerprint density at radius 1 is 1.57 bits per heavy atom. The molecule has 1 aromatic rings. The highest BCUT2D eigenvalue weighted by molar-refractivity contribution is 5.77. The van der Waals surface area contributed by atoms with E-state index in [9.17, 15) is 4.79 Å². The summed E-state index contributed by atoms with van der Waals surface area (Å²) in [5, 5.41) is 0. The monoisotopic (exact) mass is 194 g/mol. The lowest BCUT2D eigenvalue weighted by Crippen LogP contribution is -2.13. The van der Waals surface area contributed by atoms with Crippen LogP contribution in [0.1, 0.15) is 24.2 Å². The highest BCUT2D eigenvalue weighted by atomic mass is 16.5. The number of aromatic nitrogens is 1. The lowest BCUT2D eigenvalue weighted by molar-refractivity contribution is -0.142. The van der Waals surface area contributed by atoms with Crippen LogP contribution < -0.4 is 5.73 Å². The number of methoxy groups -OCH3 is 1. The molecule has 76 valence electrons. The van der Waals surface area contributed by atoms with Crippen LogP contribution in [0.5, 0.6) is 0 Å². The van der Waals surface area contributed by atoms with Crippen molar-refractivity contribution in [3.63, 3.8) is 0 Å². The van der Waals surface area contributed by atoms with Crippen LogP contribution in [0.3, 0.4) is 0 Å². The van der Waals surface area contributed by atoms with Gasteiger partial charge in [0, 0.05) is 0 Å². The fourth-order valence-corrected chi connectivity index (χ4v) is 1.13. The number of hydrogen-bond acceptors (Lipinski definition) is 4. The average molecular weight is 194 g/mol. The molecule has 1 atom stereocenters. The first kappa shape index (κ1) is 10.5. The summed E-state index contributed by atoms with van der Waals surface area (Å²) in [6.07, 6.45) is 0. The number of rotatable bonds is 2. The SMILES string of the molecule is COC(=O)C(C)c1ccc(N)c(C)n1. The average Bonchev–Trinajstić information content (AvgIpc) is 2.20. The Morgan fingerprint density at radius 2 is 2.21 bits per heavy atom. The standard InChI is InChI=1S/C10H14N2O2/c1-6(10(13)14-3)9-5-4-8(11)7(2)12-9/h4-6H,11H2,1-3H3. The number of aryl methyl sites for hydroxylation is 1. The number of hydrogen-bond donors (Lipinski definition) is 1. The molecule has 0 aromatic carbocycles. The van der Waals surface area contributed by atoms with Crippen molar-refractivity contribution < 1.29 is 9.53 Å². The van der Waals surface area contributed by atoms with Crippen molar-refractivity contribution in [2.75, 3.05) is 12.8 Å². The summed E-state index contributed by atoms with van der Waals surface area (Å²) >= 11 is 0. The Kier molecular flexibility index (Phi) is 3.06. The highest BCUT2D eigenvalue weighted by Crippen LogP contribution is 2.17. The second kappa shape index (κ2) is 4.09. The molecule has 0 saturated heterocycles. The van der Waals surface area contributed by atoms with Crippen LogP contribution in [0.2, 0.25) is 0 Å². The minimum Gasteiger partial charge on any atom is -0.469 e. The van der Waals surface area contributed by atoms with E-state index >= 15 is 0 Å². The minimum absolute atomic E-state index is 0.290. The second-order valence-corrected chi connectivity index (χ2v) is 3.16. The van der Waals surface area contributed by atoms with Gasteiger partial charge in [0.25, 0.3) is 0 Å². The van der Waals surface area contributed by atoms with Gasteiger partial charge in [-0.1, -0.05) is 0 Å². The number of carbonyl (C=O) groups is 1. The first-order valence-corrected chi connectivity index (χ1v) is 4.37. The Hall–Kier alpha value is -1.58. The number of anilines is 1. The largest absolute Gasteiger partial charge is 0.469 e. The van der Waals surface area contributed by atoms with E-state index in [1.165, 1.54) is 7.11 Å². The van der Waals surface area contributed by atoms with Gasteiger partial charge in [-0.3, -0.25) is 9.78 Å². The molecule has 1 aromatic heterocycles. The second-order valence-electron chi connectivity index (χ2n) is 3.16. The van der Waals surface area contributed by atoms with E-state index in [2.05, 4.69) is 9.72 Å². The van der Waals surface area contributed by atoms with E-state index in [1.807, 2.05) is 6.92 Å². The summed E-state index contributed by atoms with van der Waals surface area (Å²) in [7, 11) is 1.36. The summed E-state index contributed by atoms with van der Waals surface area (Å²) in [6.45, 7) is 3.56. The summed E-state index contributed by atoms with van der Waals surface area (Å²) in [5.41, 5.74) is 7.67. The van der Waals surface area contributed by atoms with Gasteiger partial charge in [-0.15, -0.1) is 0 Å². The molecule has 0 aliphatic carbocycles. The van der Waals surface area contributed by atoms with E-state index in [0.717, 1.165) is 5.69 Å². The van der Waals surface area contributed by atoms with Gasteiger partial charge in [0.2, 0.25) is 0 Å².